The van der Waals surface area contributed by atoms with Gasteiger partial charge in [-0.3, -0.25) is 0 Å². The van der Waals surface area contributed by atoms with Crippen molar-refractivity contribution >= 4 is 22.4 Å². The molecule has 0 aliphatic carbocycles. The van der Waals surface area contributed by atoms with Gasteiger partial charge in [0, 0.05) is 16.5 Å². The summed E-state index contributed by atoms with van der Waals surface area (Å²) in [6.45, 7) is 2.03. The van der Waals surface area contributed by atoms with E-state index in [2.05, 4.69) is 68.7 Å². The number of benzene rings is 3. The van der Waals surface area contributed by atoms with Gasteiger partial charge in [-0.25, -0.2) is 0 Å². The van der Waals surface area contributed by atoms with E-state index in [1.165, 1.54) is 33.0 Å². The molecular formula is C20H19BrClN. The fourth-order valence-electron chi connectivity index (χ4n) is 3.69. The lowest BCUT2D eigenvalue weighted by molar-refractivity contribution is -0.909. The summed E-state index contributed by atoms with van der Waals surface area (Å²) in [7, 11) is 4.55. The lowest BCUT2D eigenvalue weighted by atomic mass is 9.91. The number of fused-ring (bicyclic) bond motifs is 2. The molecule has 3 aromatic carbocycles. The van der Waals surface area contributed by atoms with Crippen LogP contribution in [0.2, 0.25) is 5.02 Å². The molecule has 0 aromatic heterocycles. The second-order valence-corrected chi connectivity index (χ2v) is 7.19. The van der Waals surface area contributed by atoms with Crippen LogP contribution in [-0.2, 0) is 13.1 Å². The minimum absolute atomic E-state index is 0. The molecule has 23 heavy (non-hydrogen) atoms. The molecule has 0 saturated heterocycles. The maximum absolute atomic E-state index is 6.76. The van der Waals surface area contributed by atoms with Crippen LogP contribution < -0.4 is 17.0 Å². The highest BCUT2D eigenvalue weighted by molar-refractivity contribution is 6.37. The largest absolute Gasteiger partial charge is 1.00 e. The number of hydrogen-bond acceptors (Lipinski definition) is 0. The second kappa shape index (κ2) is 5.94. The van der Waals surface area contributed by atoms with Crippen molar-refractivity contribution in [1.82, 2.24) is 0 Å². The summed E-state index contributed by atoms with van der Waals surface area (Å²) < 4.78 is 0.964. The maximum atomic E-state index is 6.76. The SMILES string of the molecule is C[N+]1(C)Cc2c(c(-c3ccccc3)c3ccccc3c2Cl)C1.[Br-]. The van der Waals surface area contributed by atoms with Gasteiger partial charge in [0.2, 0.25) is 0 Å². The van der Waals surface area contributed by atoms with Gasteiger partial charge in [0.05, 0.1) is 19.1 Å². The summed E-state index contributed by atoms with van der Waals surface area (Å²) >= 11 is 6.76. The normalized spacial score (nSPS) is 15.3. The van der Waals surface area contributed by atoms with E-state index in [1.54, 1.807) is 0 Å². The number of halogens is 2. The van der Waals surface area contributed by atoms with Crippen molar-refractivity contribution in [1.29, 1.82) is 0 Å². The van der Waals surface area contributed by atoms with Gasteiger partial charge in [-0.05, 0) is 16.5 Å². The van der Waals surface area contributed by atoms with Crippen molar-refractivity contribution in [3.05, 3.63) is 70.7 Å². The molecule has 0 fully saturated rings. The van der Waals surface area contributed by atoms with Crippen LogP contribution >= 0.6 is 11.6 Å². The lowest BCUT2D eigenvalue weighted by Gasteiger charge is -2.22. The van der Waals surface area contributed by atoms with Crippen molar-refractivity contribution in [2.75, 3.05) is 14.1 Å². The average Bonchev–Trinajstić information content (AvgIpc) is 2.84. The Kier molecular flexibility index (Phi) is 4.26. The molecular weight excluding hydrogens is 370 g/mol. The standard InChI is InChI=1S/C20H19ClN.BrH/c1-22(2)12-17-18(13-22)20(21)16-11-7-6-10-15(16)19(17)14-8-4-3-5-9-14;/h3-11H,12-13H2,1-2H3;1H/q+1;/p-1. The third-order valence-corrected chi connectivity index (χ3v) is 5.03. The van der Waals surface area contributed by atoms with Gasteiger partial charge in [0.15, 0.2) is 0 Å². The van der Waals surface area contributed by atoms with Gasteiger partial charge in [0.1, 0.15) is 13.1 Å². The zero-order chi connectivity index (χ0) is 15.3. The summed E-state index contributed by atoms with van der Waals surface area (Å²) in [6, 6.07) is 19.2. The summed E-state index contributed by atoms with van der Waals surface area (Å²) in [5.41, 5.74) is 5.39. The van der Waals surface area contributed by atoms with E-state index in [0.29, 0.717) is 0 Å². The number of nitrogens with zero attached hydrogens (tertiary/aromatic N) is 1. The number of quaternary nitrogens is 1. The van der Waals surface area contributed by atoms with Crippen LogP contribution in [0.3, 0.4) is 0 Å². The van der Waals surface area contributed by atoms with Crippen LogP contribution in [0.1, 0.15) is 11.1 Å². The highest BCUT2D eigenvalue weighted by atomic mass is 79.9. The van der Waals surface area contributed by atoms with Crippen molar-refractivity contribution in [2.24, 2.45) is 0 Å². The molecule has 1 aliphatic rings. The van der Waals surface area contributed by atoms with Gasteiger partial charge in [-0.15, -0.1) is 0 Å². The first kappa shape index (κ1) is 16.5. The van der Waals surface area contributed by atoms with Gasteiger partial charge >= 0.3 is 0 Å². The summed E-state index contributed by atoms with van der Waals surface area (Å²) in [5, 5.41) is 3.37. The quantitative estimate of drug-likeness (QED) is 0.561. The van der Waals surface area contributed by atoms with E-state index < -0.39 is 0 Å². The fourth-order valence-corrected chi connectivity index (χ4v) is 4.03. The predicted octanol–water partition coefficient (Wildman–Crippen LogP) is 2.25. The number of hydrogen-bond donors (Lipinski definition) is 0. The highest BCUT2D eigenvalue weighted by Gasteiger charge is 2.33. The van der Waals surface area contributed by atoms with E-state index in [-0.39, 0.29) is 17.0 Å². The molecule has 0 spiro atoms. The summed E-state index contributed by atoms with van der Waals surface area (Å²) in [4.78, 5) is 0. The predicted molar refractivity (Wildman–Crippen MR) is 93.9 cm³/mol. The Bertz CT molecular complexity index is 872. The van der Waals surface area contributed by atoms with Gasteiger partial charge in [0.25, 0.3) is 0 Å². The van der Waals surface area contributed by atoms with Gasteiger partial charge in [-0.2, -0.15) is 0 Å². The lowest BCUT2D eigenvalue weighted by Crippen LogP contribution is -3.00. The number of rotatable bonds is 1. The molecule has 0 unspecified atom stereocenters. The molecule has 1 nitrogen and oxygen atoms in total. The monoisotopic (exact) mass is 387 g/mol. The van der Waals surface area contributed by atoms with Gasteiger partial charge in [-0.1, -0.05) is 66.2 Å². The Morgan fingerprint density at radius 3 is 2.04 bits per heavy atom. The third kappa shape index (κ3) is 2.69. The Morgan fingerprint density at radius 2 is 1.35 bits per heavy atom. The Balaban J connectivity index is 0.00000156. The first-order chi connectivity index (χ1) is 10.6. The fraction of sp³-hybridized carbons (Fsp3) is 0.200. The van der Waals surface area contributed by atoms with Crippen molar-refractivity contribution in [3.63, 3.8) is 0 Å². The Labute approximate surface area is 152 Å². The van der Waals surface area contributed by atoms with Crippen LogP contribution in [0.15, 0.2) is 54.6 Å². The smallest absolute Gasteiger partial charge is 0.106 e. The summed E-state index contributed by atoms with van der Waals surface area (Å²) in [6.07, 6.45) is 0. The molecule has 118 valence electrons. The zero-order valence-electron chi connectivity index (χ0n) is 13.3. The highest BCUT2D eigenvalue weighted by Crippen LogP contribution is 2.44. The van der Waals surface area contributed by atoms with Gasteiger partial charge < -0.3 is 21.5 Å². The van der Waals surface area contributed by atoms with Crippen LogP contribution in [-0.4, -0.2) is 18.6 Å². The van der Waals surface area contributed by atoms with E-state index in [4.69, 9.17) is 11.6 Å². The molecule has 4 rings (SSSR count). The van der Waals surface area contributed by atoms with Crippen molar-refractivity contribution in [3.8, 4) is 11.1 Å². The van der Waals surface area contributed by atoms with E-state index in [9.17, 15) is 0 Å². The van der Waals surface area contributed by atoms with Crippen molar-refractivity contribution in [2.45, 2.75) is 13.1 Å². The Morgan fingerprint density at radius 1 is 0.783 bits per heavy atom. The minimum atomic E-state index is 0. The maximum Gasteiger partial charge on any atom is 0.106 e. The van der Waals surface area contributed by atoms with Crippen LogP contribution in [0.4, 0.5) is 0 Å². The molecule has 1 aliphatic heterocycles. The molecule has 3 aromatic rings. The second-order valence-electron chi connectivity index (χ2n) is 6.81. The minimum Gasteiger partial charge on any atom is -1.00 e. The molecule has 0 N–H and O–H groups in total. The van der Waals surface area contributed by atoms with E-state index in [0.717, 1.165) is 22.6 Å². The van der Waals surface area contributed by atoms with Crippen LogP contribution in [0, 0.1) is 0 Å². The molecule has 3 heteroatoms. The molecule has 0 atom stereocenters. The van der Waals surface area contributed by atoms with E-state index in [1.807, 2.05) is 0 Å². The third-order valence-electron chi connectivity index (χ3n) is 4.60. The zero-order valence-corrected chi connectivity index (χ0v) is 15.7. The van der Waals surface area contributed by atoms with Crippen LogP contribution in [0.5, 0.6) is 0 Å². The van der Waals surface area contributed by atoms with E-state index >= 15 is 0 Å². The average molecular weight is 389 g/mol. The topological polar surface area (TPSA) is 0 Å². The molecule has 0 amide bonds. The first-order valence-electron chi connectivity index (χ1n) is 7.66. The first-order valence-corrected chi connectivity index (χ1v) is 8.04. The molecule has 0 radical (unpaired) electrons. The van der Waals surface area contributed by atoms with Crippen molar-refractivity contribution < 1.29 is 21.5 Å². The molecule has 1 heterocycles. The molecule has 0 saturated carbocycles. The summed E-state index contributed by atoms with van der Waals surface area (Å²) in [5.74, 6) is 0. The Hall–Kier alpha value is -1.35. The van der Waals surface area contributed by atoms with Crippen LogP contribution in [0.25, 0.3) is 21.9 Å². The molecule has 0 bridgehead atoms.